The number of hydrogen-bond acceptors (Lipinski definition) is 4. The summed E-state index contributed by atoms with van der Waals surface area (Å²) in [5.41, 5.74) is 2.53. The normalized spacial score (nSPS) is 10.9. The van der Waals surface area contributed by atoms with E-state index >= 15 is 0 Å². The first-order valence-electron chi connectivity index (χ1n) is 6.07. The van der Waals surface area contributed by atoms with Crippen LogP contribution in [0.15, 0.2) is 41.8 Å². The summed E-state index contributed by atoms with van der Waals surface area (Å²) in [4.78, 5) is 12.9. The van der Waals surface area contributed by atoms with Crippen LogP contribution in [-0.2, 0) is 9.53 Å². The molecule has 0 N–H and O–H groups in total. The Morgan fingerprint density at radius 2 is 2.25 bits per heavy atom. The number of rotatable bonds is 4. The third kappa shape index (κ3) is 3.56. The first-order valence-corrected chi connectivity index (χ1v) is 6.95. The van der Waals surface area contributed by atoms with Crippen molar-refractivity contribution in [1.82, 2.24) is 0 Å². The van der Waals surface area contributed by atoms with E-state index in [9.17, 15) is 4.79 Å². The lowest BCUT2D eigenvalue weighted by atomic mass is 10.1. The molecule has 2 rings (SSSR count). The Balaban J connectivity index is 2.37. The Bertz CT molecular complexity index is 666. The van der Waals surface area contributed by atoms with Crippen LogP contribution in [-0.4, -0.2) is 12.6 Å². The quantitative estimate of drug-likeness (QED) is 0.635. The van der Waals surface area contributed by atoms with Gasteiger partial charge in [-0.05, 0) is 30.0 Å². The Morgan fingerprint density at radius 3 is 2.90 bits per heavy atom. The molecule has 0 spiro atoms. The predicted molar refractivity (Wildman–Crippen MR) is 79.9 cm³/mol. The zero-order chi connectivity index (χ0) is 14.4. The van der Waals surface area contributed by atoms with Gasteiger partial charge in [0.25, 0.3) is 0 Å². The van der Waals surface area contributed by atoms with Gasteiger partial charge < -0.3 is 4.74 Å². The molecule has 0 aliphatic rings. The van der Waals surface area contributed by atoms with Crippen molar-refractivity contribution in [3.63, 3.8) is 0 Å². The van der Waals surface area contributed by atoms with Crippen molar-refractivity contribution < 1.29 is 9.53 Å². The van der Waals surface area contributed by atoms with Crippen LogP contribution in [0.2, 0.25) is 0 Å². The second-order valence-corrected chi connectivity index (χ2v) is 5.13. The summed E-state index contributed by atoms with van der Waals surface area (Å²) >= 11 is 1.46. The molecule has 1 aromatic carbocycles. The van der Waals surface area contributed by atoms with Crippen molar-refractivity contribution in [2.75, 3.05) is 6.61 Å². The number of ether oxygens (including phenoxy) is 1. The number of nitriles is 1. The van der Waals surface area contributed by atoms with Crippen molar-refractivity contribution in [1.29, 1.82) is 5.26 Å². The average Bonchev–Trinajstić information content (AvgIpc) is 2.96. The van der Waals surface area contributed by atoms with Gasteiger partial charge in [-0.2, -0.15) is 5.26 Å². The molecule has 0 atom stereocenters. The van der Waals surface area contributed by atoms with E-state index in [1.54, 1.807) is 12.1 Å². The molecule has 0 radical (unpaired) electrons. The molecule has 0 fully saturated rings. The Labute approximate surface area is 121 Å². The van der Waals surface area contributed by atoms with Crippen molar-refractivity contribution in [2.24, 2.45) is 0 Å². The van der Waals surface area contributed by atoms with Gasteiger partial charge in [0.05, 0.1) is 5.57 Å². The molecule has 0 saturated heterocycles. The molecule has 0 saturated carbocycles. The maximum Gasteiger partial charge on any atom is 0.340 e. The molecular formula is C16H13NO2S. The molecule has 2 aromatic rings. The summed E-state index contributed by atoms with van der Waals surface area (Å²) in [6.07, 6.45) is 1.79. The van der Waals surface area contributed by atoms with Crippen LogP contribution in [0.4, 0.5) is 0 Å². The van der Waals surface area contributed by atoms with Crippen LogP contribution in [0.3, 0.4) is 0 Å². The molecule has 0 unspecified atom stereocenters. The summed E-state index contributed by atoms with van der Waals surface area (Å²) < 4.78 is 4.92. The Morgan fingerprint density at radius 1 is 1.40 bits per heavy atom. The van der Waals surface area contributed by atoms with E-state index in [-0.39, 0.29) is 6.61 Å². The van der Waals surface area contributed by atoms with Gasteiger partial charge in [-0.25, -0.2) is 4.79 Å². The van der Waals surface area contributed by atoms with Crippen molar-refractivity contribution >= 4 is 29.0 Å². The van der Waals surface area contributed by atoms with Crippen molar-refractivity contribution in [2.45, 2.75) is 6.92 Å². The Hall–Kier alpha value is -2.38. The van der Waals surface area contributed by atoms with Crippen LogP contribution >= 0.6 is 11.3 Å². The average molecular weight is 283 g/mol. The third-order valence-corrected chi connectivity index (χ3v) is 3.53. The van der Waals surface area contributed by atoms with E-state index < -0.39 is 5.97 Å². The van der Waals surface area contributed by atoms with Crippen LogP contribution in [0.5, 0.6) is 0 Å². The number of carbonyl (C=O) groups is 1. The van der Waals surface area contributed by atoms with Crippen LogP contribution in [0.1, 0.15) is 16.0 Å². The number of benzene rings is 1. The molecule has 0 aliphatic carbocycles. The Kier molecular flexibility index (Phi) is 4.70. The van der Waals surface area contributed by atoms with Gasteiger partial charge in [-0.1, -0.05) is 35.9 Å². The van der Waals surface area contributed by atoms with Gasteiger partial charge in [0.1, 0.15) is 6.07 Å². The smallest absolute Gasteiger partial charge is 0.340 e. The topological polar surface area (TPSA) is 50.1 Å². The fourth-order valence-corrected chi connectivity index (χ4v) is 2.49. The molecule has 0 amide bonds. The van der Waals surface area contributed by atoms with E-state index in [2.05, 4.69) is 0 Å². The minimum atomic E-state index is -0.476. The third-order valence-electron chi connectivity index (χ3n) is 2.63. The number of aryl methyl sites for hydroxylation is 1. The SMILES string of the molecule is Cc1cccc(/C=C(\C(=O)OCC#N)c2cccs2)c1. The molecule has 100 valence electrons. The number of thiophene rings is 1. The molecule has 0 aliphatic heterocycles. The van der Waals surface area contributed by atoms with E-state index in [1.165, 1.54) is 11.3 Å². The van der Waals surface area contributed by atoms with E-state index in [4.69, 9.17) is 10.00 Å². The summed E-state index contributed by atoms with van der Waals surface area (Å²) in [6, 6.07) is 13.4. The zero-order valence-electron chi connectivity index (χ0n) is 11.0. The highest BCUT2D eigenvalue weighted by molar-refractivity contribution is 7.11. The highest BCUT2D eigenvalue weighted by atomic mass is 32.1. The summed E-state index contributed by atoms with van der Waals surface area (Å²) in [7, 11) is 0. The van der Waals surface area contributed by atoms with Crippen LogP contribution in [0.25, 0.3) is 11.6 Å². The summed E-state index contributed by atoms with van der Waals surface area (Å²) in [6.45, 7) is 1.76. The fourth-order valence-electron chi connectivity index (χ4n) is 1.76. The van der Waals surface area contributed by atoms with Gasteiger partial charge in [-0.15, -0.1) is 11.3 Å². The minimum Gasteiger partial charge on any atom is -0.447 e. The number of esters is 1. The molecule has 1 heterocycles. The van der Waals surface area contributed by atoms with Gasteiger partial charge in [0, 0.05) is 4.88 Å². The molecule has 3 nitrogen and oxygen atoms in total. The van der Waals surface area contributed by atoms with Gasteiger partial charge in [-0.3, -0.25) is 0 Å². The molecule has 0 bridgehead atoms. The number of carbonyl (C=O) groups excluding carboxylic acids is 1. The number of nitrogens with zero attached hydrogens (tertiary/aromatic N) is 1. The van der Waals surface area contributed by atoms with Gasteiger partial charge >= 0.3 is 5.97 Å². The maximum absolute atomic E-state index is 12.1. The van der Waals surface area contributed by atoms with Crippen molar-refractivity contribution in [3.8, 4) is 6.07 Å². The first-order chi connectivity index (χ1) is 9.70. The molecular weight excluding hydrogens is 270 g/mol. The lowest BCUT2D eigenvalue weighted by Gasteiger charge is -2.05. The summed E-state index contributed by atoms with van der Waals surface area (Å²) in [5, 5.41) is 10.4. The van der Waals surface area contributed by atoms with Gasteiger partial charge in [0.2, 0.25) is 0 Å². The second kappa shape index (κ2) is 6.69. The molecule has 4 heteroatoms. The highest BCUT2D eigenvalue weighted by Crippen LogP contribution is 2.24. The van der Waals surface area contributed by atoms with E-state index in [0.717, 1.165) is 16.0 Å². The monoisotopic (exact) mass is 283 g/mol. The second-order valence-electron chi connectivity index (χ2n) is 4.18. The van der Waals surface area contributed by atoms with Gasteiger partial charge in [0.15, 0.2) is 6.61 Å². The lowest BCUT2D eigenvalue weighted by molar-refractivity contribution is -0.135. The van der Waals surface area contributed by atoms with E-state index in [0.29, 0.717) is 5.57 Å². The van der Waals surface area contributed by atoms with Crippen LogP contribution in [0, 0.1) is 18.3 Å². The predicted octanol–water partition coefficient (Wildman–Crippen LogP) is 3.66. The number of hydrogen-bond donors (Lipinski definition) is 0. The molecule has 1 aromatic heterocycles. The summed E-state index contributed by atoms with van der Waals surface area (Å²) in [5.74, 6) is -0.476. The van der Waals surface area contributed by atoms with E-state index in [1.807, 2.05) is 48.7 Å². The first kappa shape index (κ1) is 14.0. The maximum atomic E-state index is 12.1. The minimum absolute atomic E-state index is 0.241. The zero-order valence-corrected chi connectivity index (χ0v) is 11.8. The molecule has 20 heavy (non-hydrogen) atoms. The van der Waals surface area contributed by atoms with Crippen LogP contribution < -0.4 is 0 Å². The standard InChI is InChI=1S/C16H13NO2S/c1-12-4-2-5-13(10-12)11-14(15-6-3-9-20-15)16(18)19-8-7-17/h2-6,9-11H,8H2,1H3/b14-11-. The largest absolute Gasteiger partial charge is 0.447 e. The lowest BCUT2D eigenvalue weighted by Crippen LogP contribution is -2.06. The highest BCUT2D eigenvalue weighted by Gasteiger charge is 2.14. The fraction of sp³-hybridized carbons (Fsp3) is 0.125. The van der Waals surface area contributed by atoms with Crippen molar-refractivity contribution in [3.05, 3.63) is 57.8 Å².